The Balaban J connectivity index is 1.91. The monoisotopic (exact) mass is 469 g/mol. The molecular formula is C20H21Cl2N3O4S. The molecule has 2 aromatic carbocycles. The number of nitrogens with two attached hydrogens (primary N) is 1. The van der Waals surface area contributed by atoms with Gasteiger partial charge in [-0.25, -0.2) is 8.42 Å². The molecule has 1 fully saturated rings. The van der Waals surface area contributed by atoms with Crippen molar-refractivity contribution in [2.24, 2.45) is 11.7 Å². The Morgan fingerprint density at radius 1 is 1.10 bits per heavy atom. The number of rotatable bonds is 5. The maximum Gasteiger partial charge on any atom is 0.255 e. The summed E-state index contributed by atoms with van der Waals surface area (Å²) in [4.78, 5) is 24.0. The second-order valence-corrected chi connectivity index (χ2v) is 9.99. The van der Waals surface area contributed by atoms with Gasteiger partial charge in [-0.1, -0.05) is 30.1 Å². The molecule has 160 valence electrons. The summed E-state index contributed by atoms with van der Waals surface area (Å²) in [6.45, 7) is 2.82. The standard InChI is InChI=1S/C20H21Cl2N3O4S/c1-12-3-2-8-25(11-12)30(28,29)18-10-14(5-7-16(18)22)20(27)24-17-9-13(19(23)26)4-6-15(17)21/h4-7,9-10,12H,2-3,8,11H2,1H3,(H2,23,26)(H,24,27)/t12-/m0/s1. The lowest BCUT2D eigenvalue weighted by molar-refractivity contribution is 0.0996. The lowest BCUT2D eigenvalue weighted by Crippen LogP contribution is -2.39. The maximum absolute atomic E-state index is 13.1. The van der Waals surface area contributed by atoms with E-state index in [0.717, 1.165) is 12.8 Å². The summed E-state index contributed by atoms with van der Waals surface area (Å²) in [6, 6.07) is 8.27. The van der Waals surface area contributed by atoms with Gasteiger partial charge in [-0.2, -0.15) is 4.31 Å². The van der Waals surface area contributed by atoms with Gasteiger partial charge in [0.2, 0.25) is 15.9 Å². The van der Waals surface area contributed by atoms with Gasteiger partial charge in [0.1, 0.15) is 4.90 Å². The van der Waals surface area contributed by atoms with Crippen molar-refractivity contribution < 1.29 is 18.0 Å². The first-order valence-corrected chi connectivity index (χ1v) is 11.5. The van der Waals surface area contributed by atoms with Crippen LogP contribution >= 0.6 is 23.2 Å². The third-order valence-electron chi connectivity index (χ3n) is 4.93. The van der Waals surface area contributed by atoms with Crippen LogP contribution in [-0.4, -0.2) is 37.6 Å². The Morgan fingerprint density at radius 2 is 1.77 bits per heavy atom. The second-order valence-electron chi connectivity index (χ2n) is 7.27. The molecule has 0 aliphatic carbocycles. The summed E-state index contributed by atoms with van der Waals surface area (Å²) in [5.41, 5.74) is 5.70. The topological polar surface area (TPSA) is 110 Å². The van der Waals surface area contributed by atoms with E-state index < -0.39 is 21.8 Å². The summed E-state index contributed by atoms with van der Waals surface area (Å²) in [5.74, 6) is -1.02. The molecule has 30 heavy (non-hydrogen) atoms. The number of amides is 2. The van der Waals surface area contributed by atoms with Crippen molar-refractivity contribution in [2.45, 2.75) is 24.7 Å². The molecule has 1 heterocycles. The smallest absolute Gasteiger partial charge is 0.255 e. The number of carbonyl (C=O) groups is 2. The lowest BCUT2D eigenvalue weighted by Gasteiger charge is -2.30. The Hall–Kier alpha value is -2.13. The number of primary amides is 1. The molecule has 1 atom stereocenters. The highest BCUT2D eigenvalue weighted by atomic mass is 35.5. The lowest BCUT2D eigenvalue weighted by atomic mass is 10.0. The minimum absolute atomic E-state index is 0.0403. The van der Waals surface area contributed by atoms with Gasteiger partial charge in [0.25, 0.3) is 5.91 Å². The number of hydrogen-bond acceptors (Lipinski definition) is 4. The Kier molecular flexibility index (Phi) is 6.71. The zero-order chi connectivity index (χ0) is 22.1. The Labute approximate surface area is 185 Å². The normalized spacial score (nSPS) is 17.5. The van der Waals surface area contributed by atoms with Crippen LogP contribution < -0.4 is 11.1 Å². The highest BCUT2D eigenvalue weighted by molar-refractivity contribution is 7.89. The van der Waals surface area contributed by atoms with Crippen LogP contribution in [0.3, 0.4) is 0 Å². The molecule has 7 nitrogen and oxygen atoms in total. The van der Waals surface area contributed by atoms with Crippen LogP contribution in [0.25, 0.3) is 0 Å². The second kappa shape index (κ2) is 8.93. The van der Waals surface area contributed by atoms with E-state index in [1.54, 1.807) is 0 Å². The first kappa shape index (κ1) is 22.6. The van der Waals surface area contributed by atoms with E-state index in [9.17, 15) is 18.0 Å². The van der Waals surface area contributed by atoms with Gasteiger partial charge >= 0.3 is 0 Å². The Morgan fingerprint density at radius 3 is 2.43 bits per heavy atom. The molecule has 2 amide bonds. The third kappa shape index (κ3) is 4.78. The van der Waals surface area contributed by atoms with Crippen LogP contribution in [0.1, 0.15) is 40.5 Å². The number of nitrogens with one attached hydrogen (secondary N) is 1. The van der Waals surface area contributed by atoms with E-state index in [-0.39, 0.29) is 37.7 Å². The molecule has 3 N–H and O–H groups in total. The van der Waals surface area contributed by atoms with Crippen LogP contribution in [-0.2, 0) is 10.0 Å². The summed E-state index contributed by atoms with van der Waals surface area (Å²) in [5, 5.41) is 2.82. The molecule has 0 unspecified atom stereocenters. The predicted molar refractivity (Wildman–Crippen MR) is 117 cm³/mol. The molecule has 3 rings (SSSR count). The van der Waals surface area contributed by atoms with Crippen molar-refractivity contribution in [1.29, 1.82) is 0 Å². The number of hydrogen-bond donors (Lipinski definition) is 2. The number of piperidine rings is 1. The minimum atomic E-state index is -3.85. The zero-order valence-corrected chi connectivity index (χ0v) is 18.5. The molecular weight excluding hydrogens is 449 g/mol. The van der Waals surface area contributed by atoms with Gasteiger partial charge in [-0.15, -0.1) is 0 Å². The number of carbonyl (C=O) groups excluding carboxylic acids is 2. The van der Waals surface area contributed by atoms with E-state index in [1.807, 2.05) is 6.92 Å². The maximum atomic E-state index is 13.1. The molecule has 0 radical (unpaired) electrons. The molecule has 0 spiro atoms. The van der Waals surface area contributed by atoms with E-state index in [2.05, 4.69) is 5.32 Å². The van der Waals surface area contributed by atoms with Crippen molar-refractivity contribution in [3.63, 3.8) is 0 Å². The van der Waals surface area contributed by atoms with E-state index in [0.29, 0.717) is 13.1 Å². The largest absolute Gasteiger partial charge is 0.366 e. The molecule has 2 aromatic rings. The van der Waals surface area contributed by atoms with Gasteiger partial charge in [-0.3, -0.25) is 9.59 Å². The van der Waals surface area contributed by atoms with Gasteiger partial charge in [0.05, 0.1) is 15.7 Å². The van der Waals surface area contributed by atoms with Crippen molar-refractivity contribution in [2.75, 3.05) is 18.4 Å². The summed E-state index contributed by atoms with van der Waals surface area (Å²) >= 11 is 12.3. The quantitative estimate of drug-likeness (QED) is 0.693. The fraction of sp³-hybridized carbons (Fsp3) is 0.300. The zero-order valence-electron chi connectivity index (χ0n) is 16.2. The SMILES string of the molecule is C[C@H]1CCCN(S(=O)(=O)c2cc(C(=O)Nc3cc(C(N)=O)ccc3Cl)ccc2Cl)C1. The van der Waals surface area contributed by atoms with Crippen LogP contribution in [0.2, 0.25) is 10.0 Å². The molecule has 0 saturated carbocycles. The Bertz CT molecular complexity index is 1110. The number of nitrogens with zero attached hydrogens (tertiary/aromatic N) is 1. The van der Waals surface area contributed by atoms with Gasteiger partial charge < -0.3 is 11.1 Å². The highest BCUT2D eigenvalue weighted by Crippen LogP contribution is 2.30. The van der Waals surface area contributed by atoms with Gasteiger partial charge in [-0.05, 0) is 55.2 Å². The van der Waals surface area contributed by atoms with Crippen LogP contribution in [0.4, 0.5) is 5.69 Å². The van der Waals surface area contributed by atoms with Crippen LogP contribution in [0.5, 0.6) is 0 Å². The molecule has 1 aliphatic rings. The van der Waals surface area contributed by atoms with E-state index in [1.165, 1.54) is 40.7 Å². The summed E-state index contributed by atoms with van der Waals surface area (Å²) in [7, 11) is -3.85. The summed E-state index contributed by atoms with van der Waals surface area (Å²) in [6.07, 6.45) is 1.74. The van der Waals surface area contributed by atoms with E-state index >= 15 is 0 Å². The molecule has 1 saturated heterocycles. The summed E-state index contributed by atoms with van der Waals surface area (Å²) < 4.78 is 27.6. The van der Waals surface area contributed by atoms with Crippen molar-refractivity contribution >= 4 is 50.7 Å². The van der Waals surface area contributed by atoms with E-state index in [4.69, 9.17) is 28.9 Å². The van der Waals surface area contributed by atoms with Gasteiger partial charge in [0, 0.05) is 24.2 Å². The number of sulfonamides is 1. The number of benzene rings is 2. The van der Waals surface area contributed by atoms with Crippen LogP contribution in [0.15, 0.2) is 41.3 Å². The number of halogens is 2. The molecule has 0 aromatic heterocycles. The number of anilines is 1. The van der Waals surface area contributed by atoms with Crippen molar-refractivity contribution in [3.8, 4) is 0 Å². The predicted octanol–water partition coefficient (Wildman–Crippen LogP) is 3.77. The minimum Gasteiger partial charge on any atom is -0.366 e. The van der Waals surface area contributed by atoms with Gasteiger partial charge in [0.15, 0.2) is 0 Å². The third-order valence-corrected chi connectivity index (χ3v) is 7.61. The average molecular weight is 470 g/mol. The fourth-order valence-corrected chi connectivity index (χ4v) is 5.58. The molecule has 1 aliphatic heterocycles. The van der Waals surface area contributed by atoms with Crippen LogP contribution in [0, 0.1) is 5.92 Å². The molecule has 0 bridgehead atoms. The fourth-order valence-electron chi connectivity index (χ4n) is 3.31. The first-order chi connectivity index (χ1) is 14.1. The highest BCUT2D eigenvalue weighted by Gasteiger charge is 2.31. The first-order valence-electron chi connectivity index (χ1n) is 9.30. The average Bonchev–Trinajstić information content (AvgIpc) is 2.69. The van der Waals surface area contributed by atoms with Crippen molar-refractivity contribution in [3.05, 3.63) is 57.6 Å². The molecule has 10 heteroatoms. The van der Waals surface area contributed by atoms with Crippen molar-refractivity contribution in [1.82, 2.24) is 4.31 Å².